The van der Waals surface area contributed by atoms with Crippen molar-refractivity contribution in [2.45, 2.75) is 44.8 Å². The number of carbonyl (C=O) groups is 2. The molecule has 0 radical (unpaired) electrons. The Balaban J connectivity index is 0.00000300. The molecule has 0 saturated carbocycles. The number of nitrogens with zero attached hydrogens (tertiary/aromatic N) is 1. The van der Waals surface area contributed by atoms with Gasteiger partial charge in [0.05, 0.1) is 18.1 Å². The van der Waals surface area contributed by atoms with Gasteiger partial charge in [0.1, 0.15) is 5.82 Å². The van der Waals surface area contributed by atoms with Gasteiger partial charge in [-0.1, -0.05) is 42.8 Å². The minimum Gasteiger partial charge on any atom is -0.545 e. The third-order valence-corrected chi connectivity index (χ3v) is 5.20. The number of benzene rings is 2. The summed E-state index contributed by atoms with van der Waals surface area (Å²) in [5.41, 5.74) is 1.78. The number of carboxylic acid groups (broad SMARTS) is 1. The minimum absolute atomic E-state index is 0. The van der Waals surface area contributed by atoms with Crippen molar-refractivity contribution in [1.29, 1.82) is 0 Å². The van der Waals surface area contributed by atoms with Crippen LogP contribution < -0.4 is 29.3 Å². The molecule has 1 amide bonds. The van der Waals surface area contributed by atoms with E-state index in [0.717, 1.165) is 36.9 Å². The predicted molar refractivity (Wildman–Crippen MR) is 102 cm³/mol. The Bertz CT molecular complexity index is 844. The number of hydrogen-bond donors (Lipinski definition) is 1. The number of piperidine rings is 1. The molecule has 0 aliphatic carbocycles. The van der Waals surface area contributed by atoms with Crippen molar-refractivity contribution in [2.24, 2.45) is 0 Å². The molecule has 1 fully saturated rings. The second kappa shape index (κ2) is 10.6. The Morgan fingerprint density at radius 3 is 2.59 bits per heavy atom. The van der Waals surface area contributed by atoms with Gasteiger partial charge >= 0.3 is 18.9 Å². The molecule has 2 aromatic rings. The minimum atomic E-state index is -1.22. The van der Waals surface area contributed by atoms with Crippen LogP contribution >= 0.6 is 0 Å². The van der Waals surface area contributed by atoms with Crippen LogP contribution in [0.25, 0.3) is 0 Å². The van der Waals surface area contributed by atoms with Crippen LogP contribution in [0.15, 0.2) is 48.5 Å². The molecule has 0 bridgehead atoms. The molecule has 1 aliphatic heterocycles. The van der Waals surface area contributed by atoms with Crippen LogP contribution in [0.4, 0.5) is 4.39 Å². The van der Waals surface area contributed by atoms with Crippen molar-refractivity contribution in [3.8, 4) is 0 Å². The summed E-state index contributed by atoms with van der Waals surface area (Å²) in [7, 11) is 0. The maximum absolute atomic E-state index is 13.5. The van der Waals surface area contributed by atoms with E-state index in [-0.39, 0.29) is 48.2 Å². The van der Waals surface area contributed by atoms with Crippen molar-refractivity contribution in [3.63, 3.8) is 0 Å². The smallest absolute Gasteiger partial charge is 0.545 e. The molecule has 1 aliphatic rings. The molecule has 0 unspecified atom stereocenters. The second-order valence-corrected chi connectivity index (χ2v) is 7.25. The molecule has 29 heavy (non-hydrogen) atoms. The molecule has 0 aromatic heterocycles. The van der Waals surface area contributed by atoms with Crippen LogP contribution in [0.3, 0.4) is 0 Å². The number of hydrogen-bond acceptors (Lipinski definition) is 4. The molecule has 148 valence electrons. The van der Waals surface area contributed by atoms with Crippen LogP contribution in [0.5, 0.6) is 0 Å². The summed E-state index contributed by atoms with van der Waals surface area (Å²) in [6, 6.07) is 12.3. The first-order chi connectivity index (χ1) is 13.4. The Morgan fingerprint density at radius 1 is 1.21 bits per heavy atom. The largest absolute Gasteiger partial charge is 1.00 e. The van der Waals surface area contributed by atoms with Gasteiger partial charge in [-0.2, -0.15) is 0 Å². The van der Waals surface area contributed by atoms with Gasteiger partial charge in [0, 0.05) is 6.54 Å². The third-order valence-electron chi connectivity index (χ3n) is 5.20. The van der Waals surface area contributed by atoms with Gasteiger partial charge in [-0.3, -0.25) is 9.69 Å². The van der Waals surface area contributed by atoms with E-state index in [1.54, 1.807) is 18.2 Å². The monoisotopic (exact) mass is 390 g/mol. The third kappa shape index (κ3) is 6.17. The van der Waals surface area contributed by atoms with Gasteiger partial charge in [-0.15, -0.1) is 0 Å². The molecule has 7 heteroatoms. The molecular formula is C22H24FLiN2O3. The summed E-state index contributed by atoms with van der Waals surface area (Å²) in [5.74, 6) is -1.56. The van der Waals surface area contributed by atoms with E-state index in [2.05, 4.69) is 10.2 Å². The second-order valence-electron chi connectivity index (χ2n) is 7.25. The van der Waals surface area contributed by atoms with Crippen LogP contribution in [-0.2, 0) is 11.3 Å². The van der Waals surface area contributed by atoms with Crippen molar-refractivity contribution < 1.29 is 37.9 Å². The molecule has 0 spiro atoms. The normalized spacial score (nSPS) is 17.8. The molecule has 3 rings (SSSR count). The Kier molecular flexibility index (Phi) is 8.45. The zero-order valence-electron chi connectivity index (χ0n) is 16.9. The first kappa shape index (κ1) is 23.1. The summed E-state index contributed by atoms with van der Waals surface area (Å²) in [4.78, 5) is 25.9. The molecule has 2 aromatic carbocycles. The molecule has 1 N–H and O–H groups in total. The molecule has 2 atom stereocenters. The fraction of sp³-hybridized carbons (Fsp3) is 0.364. The average Bonchev–Trinajstić information content (AvgIpc) is 2.68. The van der Waals surface area contributed by atoms with E-state index >= 15 is 0 Å². The number of likely N-dealkylation sites (tertiary alicyclic amines) is 1. The Labute approximate surface area is 182 Å². The number of halogens is 1. The van der Waals surface area contributed by atoms with Crippen molar-refractivity contribution in [1.82, 2.24) is 10.2 Å². The fourth-order valence-electron chi connectivity index (χ4n) is 3.65. The molecule has 1 saturated heterocycles. The van der Waals surface area contributed by atoms with Gasteiger partial charge in [0.15, 0.2) is 0 Å². The molecule has 1 heterocycles. The zero-order chi connectivity index (χ0) is 20.1. The summed E-state index contributed by atoms with van der Waals surface area (Å²) in [6.07, 6.45) is 2.75. The van der Waals surface area contributed by atoms with E-state index in [0.29, 0.717) is 6.54 Å². The fourth-order valence-corrected chi connectivity index (χ4v) is 3.65. The maximum atomic E-state index is 13.5. The average molecular weight is 390 g/mol. The standard InChI is InChI=1S/C22H25FN2O3.Li/c1-15(17-8-10-18(11-9-17)22(27)28)24-21(26)20-7-2-3-12-25(20)14-16-5-4-6-19(23)13-16;/h4-6,8-11,13,15,20H,2-3,7,12,14H2,1H3,(H,24,26)(H,27,28);/q;+1/p-1/t15-,20+;/m0./s1. The van der Waals surface area contributed by atoms with Crippen LogP contribution in [-0.4, -0.2) is 29.4 Å². The van der Waals surface area contributed by atoms with Crippen molar-refractivity contribution in [2.75, 3.05) is 6.54 Å². The predicted octanol–water partition coefficient (Wildman–Crippen LogP) is -0.575. The SMILES string of the molecule is C[C@H](NC(=O)[C@H]1CCCCN1Cc1cccc(F)c1)c1ccc(C(=O)[O-])cc1.[Li+]. The Morgan fingerprint density at radius 2 is 1.93 bits per heavy atom. The summed E-state index contributed by atoms with van der Waals surface area (Å²) >= 11 is 0. The van der Waals surface area contributed by atoms with Crippen molar-refractivity contribution in [3.05, 3.63) is 71.0 Å². The van der Waals surface area contributed by atoms with Crippen molar-refractivity contribution >= 4 is 11.9 Å². The van der Waals surface area contributed by atoms with Gasteiger partial charge in [-0.05, 0) is 55.1 Å². The van der Waals surface area contributed by atoms with Crippen LogP contribution in [0.2, 0.25) is 0 Å². The number of aromatic carboxylic acids is 1. The topological polar surface area (TPSA) is 72.5 Å². The van der Waals surface area contributed by atoms with Gasteiger partial charge in [0.25, 0.3) is 0 Å². The summed E-state index contributed by atoms with van der Waals surface area (Å²) in [6.45, 7) is 3.19. The summed E-state index contributed by atoms with van der Waals surface area (Å²) in [5, 5.41) is 13.9. The first-order valence-corrected chi connectivity index (χ1v) is 9.54. The van der Waals surface area contributed by atoms with Gasteiger partial charge in [-0.25, -0.2) is 4.39 Å². The number of carbonyl (C=O) groups excluding carboxylic acids is 2. The molecule has 5 nitrogen and oxygen atoms in total. The summed E-state index contributed by atoms with van der Waals surface area (Å²) < 4.78 is 13.5. The van der Waals surface area contributed by atoms with E-state index in [1.807, 2.05) is 13.0 Å². The molecular weight excluding hydrogens is 366 g/mol. The van der Waals surface area contributed by atoms with E-state index < -0.39 is 5.97 Å². The number of carboxylic acids is 1. The number of rotatable bonds is 6. The quantitative estimate of drug-likeness (QED) is 0.671. The van der Waals surface area contributed by atoms with Crippen LogP contribution in [0, 0.1) is 5.82 Å². The van der Waals surface area contributed by atoms with E-state index in [9.17, 15) is 19.1 Å². The maximum Gasteiger partial charge on any atom is 1.00 e. The van der Waals surface area contributed by atoms with Gasteiger partial charge < -0.3 is 15.2 Å². The van der Waals surface area contributed by atoms with Gasteiger partial charge in [0.2, 0.25) is 5.91 Å². The van der Waals surface area contributed by atoms with E-state index in [4.69, 9.17) is 0 Å². The number of amides is 1. The van der Waals surface area contributed by atoms with Crippen LogP contribution in [0.1, 0.15) is 53.7 Å². The number of nitrogens with one attached hydrogen (secondary N) is 1. The van der Waals surface area contributed by atoms with E-state index in [1.165, 1.54) is 24.3 Å². The first-order valence-electron chi connectivity index (χ1n) is 9.54. The Hall–Kier alpha value is -2.13. The zero-order valence-corrected chi connectivity index (χ0v) is 16.9.